The third-order valence-corrected chi connectivity index (χ3v) is 2.67. The van der Waals surface area contributed by atoms with Crippen LogP contribution in [0, 0.1) is 0 Å². The summed E-state index contributed by atoms with van der Waals surface area (Å²) in [6, 6.07) is 3.79. The molecule has 1 aromatic rings. The van der Waals surface area contributed by atoms with Crippen molar-refractivity contribution < 1.29 is 9.53 Å². The van der Waals surface area contributed by atoms with Crippen LogP contribution in [0.2, 0.25) is 0 Å². The highest BCUT2D eigenvalue weighted by atomic mass is 35.5. The first kappa shape index (κ1) is 18.0. The summed E-state index contributed by atoms with van der Waals surface area (Å²) >= 11 is 0. The van der Waals surface area contributed by atoms with Crippen molar-refractivity contribution in [3.05, 3.63) is 24.5 Å². The molecule has 0 spiro atoms. The minimum absolute atomic E-state index is 0. The third kappa shape index (κ3) is 6.61. The number of aromatic nitrogens is 1. The Labute approximate surface area is 125 Å². The largest absolute Gasteiger partial charge is 0.482 e. The molecule has 1 amide bonds. The maximum absolute atomic E-state index is 11.6. The van der Waals surface area contributed by atoms with Gasteiger partial charge in [0.15, 0.2) is 6.61 Å². The van der Waals surface area contributed by atoms with Gasteiger partial charge in [0.2, 0.25) is 0 Å². The van der Waals surface area contributed by atoms with E-state index in [4.69, 9.17) is 4.74 Å². The molecule has 2 N–H and O–H groups in total. The molecule has 1 fully saturated rings. The van der Waals surface area contributed by atoms with Crippen LogP contribution in [0.3, 0.4) is 0 Å². The van der Waals surface area contributed by atoms with Crippen LogP contribution >= 0.6 is 24.8 Å². The highest BCUT2D eigenvalue weighted by Gasteiger charge is 2.15. The standard InChI is InChI=1S/C12H17N3O2.2ClH/c16-12(15-10-3-1-5-13-7-10)9-17-11-4-2-6-14-8-11;;/h2,4,6,8,10,13H,1,3,5,7,9H2,(H,15,16);2*1H/t10-;;/m0../s1. The fourth-order valence-electron chi connectivity index (χ4n) is 1.83. The average molecular weight is 308 g/mol. The van der Waals surface area contributed by atoms with Crippen molar-refractivity contribution in [2.24, 2.45) is 0 Å². The molecular formula is C12H19Cl2N3O2. The number of amides is 1. The van der Waals surface area contributed by atoms with Gasteiger partial charge in [-0.1, -0.05) is 0 Å². The fraction of sp³-hybridized carbons (Fsp3) is 0.500. The Bertz CT molecular complexity index is 359. The van der Waals surface area contributed by atoms with Gasteiger partial charge in [-0.15, -0.1) is 24.8 Å². The van der Waals surface area contributed by atoms with Gasteiger partial charge >= 0.3 is 0 Å². The van der Waals surface area contributed by atoms with Crippen molar-refractivity contribution in [1.82, 2.24) is 15.6 Å². The molecule has 0 unspecified atom stereocenters. The van der Waals surface area contributed by atoms with Gasteiger partial charge in [0.25, 0.3) is 5.91 Å². The maximum atomic E-state index is 11.6. The second-order valence-electron chi connectivity index (χ2n) is 4.09. The van der Waals surface area contributed by atoms with E-state index < -0.39 is 0 Å². The molecule has 2 heterocycles. The average Bonchev–Trinajstić information content (AvgIpc) is 2.39. The van der Waals surface area contributed by atoms with E-state index in [1.54, 1.807) is 24.5 Å². The third-order valence-electron chi connectivity index (χ3n) is 2.67. The summed E-state index contributed by atoms with van der Waals surface area (Å²) < 4.78 is 5.31. The van der Waals surface area contributed by atoms with Gasteiger partial charge in [0.05, 0.1) is 6.20 Å². The Morgan fingerprint density at radius 1 is 1.53 bits per heavy atom. The minimum Gasteiger partial charge on any atom is -0.482 e. The Hall–Kier alpha value is -1.04. The number of ether oxygens (including phenoxy) is 1. The lowest BCUT2D eigenvalue weighted by Gasteiger charge is -2.23. The summed E-state index contributed by atoms with van der Waals surface area (Å²) in [6.45, 7) is 1.93. The molecule has 0 bridgehead atoms. The van der Waals surface area contributed by atoms with E-state index >= 15 is 0 Å². The molecule has 19 heavy (non-hydrogen) atoms. The summed E-state index contributed by atoms with van der Waals surface area (Å²) in [4.78, 5) is 15.5. The predicted octanol–water partition coefficient (Wildman–Crippen LogP) is 1.17. The van der Waals surface area contributed by atoms with Gasteiger partial charge in [0.1, 0.15) is 5.75 Å². The number of pyridine rings is 1. The van der Waals surface area contributed by atoms with Crippen LogP contribution < -0.4 is 15.4 Å². The summed E-state index contributed by atoms with van der Waals surface area (Å²) in [7, 11) is 0. The molecule has 0 radical (unpaired) electrons. The number of hydrogen-bond acceptors (Lipinski definition) is 4. The molecule has 0 saturated carbocycles. The van der Waals surface area contributed by atoms with Crippen LogP contribution in [0.1, 0.15) is 12.8 Å². The highest BCUT2D eigenvalue weighted by Crippen LogP contribution is 2.06. The molecule has 1 atom stereocenters. The topological polar surface area (TPSA) is 63.2 Å². The maximum Gasteiger partial charge on any atom is 0.258 e. The summed E-state index contributed by atoms with van der Waals surface area (Å²) in [6.07, 6.45) is 5.40. The molecule has 108 valence electrons. The Morgan fingerprint density at radius 3 is 3.00 bits per heavy atom. The lowest BCUT2D eigenvalue weighted by Crippen LogP contribution is -2.46. The number of rotatable bonds is 4. The van der Waals surface area contributed by atoms with Gasteiger partial charge in [-0.25, -0.2) is 0 Å². The van der Waals surface area contributed by atoms with Crippen LogP contribution in [-0.4, -0.2) is 36.6 Å². The van der Waals surface area contributed by atoms with Crippen molar-refractivity contribution in [3.63, 3.8) is 0 Å². The van der Waals surface area contributed by atoms with Crippen molar-refractivity contribution in [3.8, 4) is 5.75 Å². The smallest absolute Gasteiger partial charge is 0.258 e. The summed E-state index contributed by atoms with van der Waals surface area (Å²) in [5, 5.41) is 6.19. The van der Waals surface area contributed by atoms with E-state index in [0.29, 0.717) is 5.75 Å². The van der Waals surface area contributed by atoms with Gasteiger partial charge in [-0.3, -0.25) is 9.78 Å². The summed E-state index contributed by atoms with van der Waals surface area (Å²) in [5.74, 6) is 0.534. The first-order valence-electron chi connectivity index (χ1n) is 5.87. The Morgan fingerprint density at radius 2 is 2.37 bits per heavy atom. The van der Waals surface area contributed by atoms with Crippen molar-refractivity contribution in [2.45, 2.75) is 18.9 Å². The Kier molecular flexibility index (Phi) is 9.30. The molecule has 1 saturated heterocycles. The number of hydrogen-bond donors (Lipinski definition) is 2. The zero-order valence-corrected chi connectivity index (χ0v) is 12.1. The van der Waals surface area contributed by atoms with E-state index in [-0.39, 0.29) is 43.4 Å². The van der Waals surface area contributed by atoms with Crippen LogP contribution in [0.4, 0.5) is 0 Å². The quantitative estimate of drug-likeness (QED) is 0.876. The molecule has 1 aliphatic heterocycles. The van der Waals surface area contributed by atoms with Crippen molar-refractivity contribution in [1.29, 1.82) is 0 Å². The number of halogens is 2. The number of carbonyl (C=O) groups excluding carboxylic acids is 1. The summed E-state index contributed by atoms with van der Waals surface area (Å²) in [5.41, 5.74) is 0. The molecular weight excluding hydrogens is 289 g/mol. The monoisotopic (exact) mass is 307 g/mol. The van der Waals surface area contributed by atoms with E-state index in [0.717, 1.165) is 25.9 Å². The number of nitrogens with one attached hydrogen (secondary N) is 2. The van der Waals surface area contributed by atoms with Crippen LogP contribution in [-0.2, 0) is 4.79 Å². The van der Waals surface area contributed by atoms with Gasteiger partial charge in [0, 0.05) is 18.8 Å². The molecule has 1 aromatic heterocycles. The van der Waals surface area contributed by atoms with Gasteiger partial charge in [-0.05, 0) is 31.5 Å². The minimum atomic E-state index is -0.0810. The van der Waals surface area contributed by atoms with Crippen LogP contribution in [0.15, 0.2) is 24.5 Å². The van der Waals surface area contributed by atoms with Crippen LogP contribution in [0.5, 0.6) is 5.75 Å². The van der Waals surface area contributed by atoms with Gasteiger partial charge in [-0.2, -0.15) is 0 Å². The SMILES string of the molecule is Cl.Cl.O=C(COc1cccnc1)N[C@H]1CCCNC1. The molecule has 5 nitrogen and oxygen atoms in total. The van der Waals surface area contributed by atoms with E-state index in [9.17, 15) is 4.79 Å². The second kappa shape index (κ2) is 9.83. The number of nitrogens with zero attached hydrogens (tertiary/aromatic N) is 1. The zero-order chi connectivity index (χ0) is 11.9. The first-order chi connectivity index (χ1) is 8.34. The highest BCUT2D eigenvalue weighted by molar-refractivity contribution is 5.85. The fourth-order valence-corrected chi connectivity index (χ4v) is 1.83. The van der Waals surface area contributed by atoms with E-state index in [1.807, 2.05) is 0 Å². The predicted molar refractivity (Wildman–Crippen MR) is 78.3 cm³/mol. The lowest BCUT2D eigenvalue weighted by molar-refractivity contribution is -0.123. The van der Waals surface area contributed by atoms with Crippen LogP contribution in [0.25, 0.3) is 0 Å². The Balaban J connectivity index is 0.00000162. The van der Waals surface area contributed by atoms with Gasteiger partial charge < -0.3 is 15.4 Å². The second-order valence-corrected chi connectivity index (χ2v) is 4.09. The number of carbonyl (C=O) groups is 1. The normalized spacial score (nSPS) is 17.6. The zero-order valence-electron chi connectivity index (χ0n) is 10.5. The lowest BCUT2D eigenvalue weighted by atomic mass is 10.1. The van der Waals surface area contributed by atoms with Crippen molar-refractivity contribution >= 4 is 30.7 Å². The first-order valence-corrected chi connectivity index (χ1v) is 5.87. The van der Waals surface area contributed by atoms with Crippen molar-refractivity contribution in [2.75, 3.05) is 19.7 Å². The molecule has 2 rings (SSSR count). The van der Waals surface area contributed by atoms with E-state index in [2.05, 4.69) is 15.6 Å². The molecule has 0 aliphatic carbocycles. The molecule has 0 aromatic carbocycles. The molecule has 1 aliphatic rings. The molecule has 7 heteroatoms. The van der Waals surface area contributed by atoms with E-state index in [1.165, 1.54) is 0 Å². The number of piperidine rings is 1.